The quantitative estimate of drug-likeness (QED) is 0.103. The summed E-state index contributed by atoms with van der Waals surface area (Å²) in [6.07, 6.45) is 7.02. The highest BCUT2D eigenvalue weighted by Gasteiger charge is 2.14. The van der Waals surface area contributed by atoms with Crippen molar-refractivity contribution in [3.8, 4) is 0 Å². The van der Waals surface area contributed by atoms with Gasteiger partial charge in [0.25, 0.3) is 0 Å². The minimum Gasteiger partial charge on any atom is -0.481 e. The van der Waals surface area contributed by atoms with E-state index in [1.165, 1.54) is 0 Å². The Labute approximate surface area is 211 Å². The molecule has 0 aromatic rings. The zero-order chi connectivity index (χ0) is 28.9. The third-order valence-electron chi connectivity index (χ3n) is 3.95. The topological polar surface area (TPSA) is 317 Å². The van der Waals surface area contributed by atoms with Crippen LogP contribution in [0.15, 0.2) is 0 Å². The summed E-state index contributed by atoms with van der Waals surface area (Å²) in [4.78, 5) is 49.4. The van der Waals surface area contributed by atoms with Crippen molar-refractivity contribution < 1.29 is 49.5 Å². The molecule has 15 heteroatoms. The first-order valence-corrected chi connectivity index (χ1v) is 11.5. The monoisotopic (exact) mass is 527 g/mol. The second-order valence-electron chi connectivity index (χ2n) is 7.40. The van der Waals surface area contributed by atoms with Crippen LogP contribution < -0.4 is 28.7 Å². The Hall–Kier alpha value is -2.85. The van der Waals surface area contributed by atoms with Gasteiger partial charge in [-0.2, -0.15) is 0 Å². The number of carboxylic acid groups (broad SMARTS) is 5. The lowest BCUT2D eigenvalue weighted by Gasteiger charge is -2.00. The van der Waals surface area contributed by atoms with E-state index in [9.17, 15) is 24.0 Å². The highest BCUT2D eigenvalue weighted by molar-refractivity contribution is 5.80. The van der Waals surface area contributed by atoms with Gasteiger partial charge in [-0.1, -0.05) is 19.3 Å². The molecule has 2 atom stereocenters. The number of aliphatic carboxylic acids is 5. The third-order valence-corrected chi connectivity index (χ3v) is 3.95. The number of hydrogen-bond acceptors (Lipinski definition) is 10. The van der Waals surface area contributed by atoms with Crippen molar-refractivity contribution in [3.63, 3.8) is 0 Å². The molecule has 0 rings (SSSR count). The van der Waals surface area contributed by atoms with Gasteiger partial charge < -0.3 is 54.2 Å². The molecule has 0 radical (unpaired) electrons. The molecule has 0 amide bonds. The summed E-state index contributed by atoms with van der Waals surface area (Å²) >= 11 is 0. The highest BCUT2D eigenvalue weighted by Crippen LogP contribution is 2.04. The summed E-state index contributed by atoms with van der Waals surface area (Å²) in [5, 5.41) is 40.6. The maximum Gasteiger partial charge on any atom is 0.321 e. The molecule has 0 bridgehead atoms. The first-order chi connectivity index (χ1) is 16.8. The van der Waals surface area contributed by atoms with Crippen LogP contribution >= 0.6 is 0 Å². The van der Waals surface area contributed by atoms with Crippen LogP contribution in [0.5, 0.6) is 0 Å². The predicted octanol–water partition coefficient (Wildman–Crippen LogP) is -0.810. The van der Waals surface area contributed by atoms with Gasteiger partial charge in [0.15, 0.2) is 0 Å². The third kappa shape index (κ3) is 44.8. The fraction of sp³-hybridized carbons (Fsp3) is 0.762. The molecule has 15 nitrogen and oxygen atoms in total. The van der Waals surface area contributed by atoms with E-state index in [2.05, 4.69) is 0 Å². The van der Waals surface area contributed by atoms with Crippen molar-refractivity contribution in [2.75, 3.05) is 19.6 Å². The molecule has 0 saturated carbocycles. The number of carbonyl (C=O) groups is 5. The fourth-order valence-electron chi connectivity index (χ4n) is 1.95. The maximum absolute atomic E-state index is 10.1. The van der Waals surface area contributed by atoms with Gasteiger partial charge in [-0.15, -0.1) is 0 Å². The molecule has 0 heterocycles. The lowest BCUT2D eigenvalue weighted by molar-refractivity contribution is -0.144. The highest BCUT2D eigenvalue weighted by atomic mass is 16.4. The molecule has 0 aromatic carbocycles. The first kappa shape index (κ1) is 40.3. The molecular weight excluding hydrogens is 482 g/mol. The summed E-state index contributed by atoms with van der Waals surface area (Å²) in [6, 6.07) is -2.08. The molecule has 214 valence electrons. The van der Waals surface area contributed by atoms with Crippen LogP contribution in [0.25, 0.3) is 0 Å². The van der Waals surface area contributed by atoms with E-state index in [0.717, 1.165) is 45.1 Å². The van der Waals surface area contributed by atoms with Crippen LogP contribution in [0.4, 0.5) is 0 Å². The summed E-state index contributed by atoms with van der Waals surface area (Å²) in [5.41, 5.74) is 25.3. The van der Waals surface area contributed by atoms with Crippen molar-refractivity contribution in [2.24, 2.45) is 28.7 Å². The normalized spacial score (nSPS) is 11.1. The van der Waals surface area contributed by atoms with Crippen LogP contribution in [-0.4, -0.2) is 87.1 Å². The Bertz CT molecular complexity index is 593. The van der Waals surface area contributed by atoms with Crippen LogP contribution in [0, 0.1) is 0 Å². The zero-order valence-corrected chi connectivity index (χ0v) is 20.7. The Kier molecular flexibility index (Phi) is 33.8. The number of nitrogens with two attached hydrogens (primary N) is 5. The molecule has 0 aliphatic carbocycles. The molecule has 1 unspecified atom stereocenters. The Balaban J connectivity index is -0.000000191. The second kappa shape index (κ2) is 30.2. The van der Waals surface area contributed by atoms with Crippen molar-refractivity contribution in [1.82, 2.24) is 0 Å². The van der Waals surface area contributed by atoms with Gasteiger partial charge in [-0.25, -0.2) is 0 Å². The molecule has 0 aromatic heterocycles. The molecule has 0 aliphatic rings. The average molecular weight is 528 g/mol. The molecule has 36 heavy (non-hydrogen) atoms. The van der Waals surface area contributed by atoms with Crippen LogP contribution in [0.1, 0.15) is 70.6 Å². The van der Waals surface area contributed by atoms with E-state index in [1.807, 2.05) is 0 Å². The lowest BCUT2D eigenvalue weighted by Crippen LogP contribution is -2.32. The zero-order valence-electron chi connectivity index (χ0n) is 20.7. The summed E-state index contributed by atoms with van der Waals surface area (Å²) in [5.74, 6) is -4.92. The molecule has 0 saturated heterocycles. The summed E-state index contributed by atoms with van der Waals surface area (Å²) < 4.78 is 0. The minimum absolute atomic E-state index is 0.247. The molecule has 0 spiro atoms. The smallest absolute Gasteiger partial charge is 0.321 e. The average Bonchev–Trinajstić information content (AvgIpc) is 2.77. The first-order valence-electron chi connectivity index (χ1n) is 11.5. The molecule has 0 fully saturated rings. The summed E-state index contributed by atoms with van der Waals surface area (Å²) in [6.45, 7) is 1.67. The van der Waals surface area contributed by atoms with E-state index < -0.39 is 48.4 Å². The predicted molar refractivity (Wildman–Crippen MR) is 132 cm³/mol. The van der Waals surface area contributed by atoms with E-state index in [-0.39, 0.29) is 6.42 Å². The van der Waals surface area contributed by atoms with E-state index in [1.54, 1.807) is 0 Å². The molecular formula is C21H45N5O10. The van der Waals surface area contributed by atoms with Gasteiger partial charge in [0.2, 0.25) is 0 Å². The molecule has 15 N–H and O–H groups in total. The van der Waals surface area contributed by atoms with Crippen molar-refractivity contribution in [3.05, 3.63) is 0 Å². The Morgan fingerprint density at radius 3 is 1.14 bits per heavy atom. The van der Waals surface area contributed by atoms with Crippen molar-refractivity contribution >= 4 is 29.8 Å². The lowest BCUT2D eigenvalue weighted by atomic mass is 10.1. The van der Waals surface area contributed by atoms with E-state index >= 15 is 0 Å². The van der Waals surface area contributed by atoms with Crippen LogP contribution in [0.3, 0.4) is 0 Å². The fourth-order valence-corrected chi connectivity index (χ4v) is 1.95. The van der Waals surface area contributed by atoms with E-state index in [4.69, 9.17) is 54.2 Å². The van der Waals surface area contributed by atoms with Crippen LogP contribution in [-0.2, 0) is 24.0 Å². The van der Waals surface area contributed by atoms with Gasteiger partial charge in [-0.3, -0.25) is 24.0 Å². The number of unbranched alkanes of at least 4 members (excludes halogenated alkanes) is 5. The largest absolute Gasteiger partial charge is 0.481 e. The standard InChI is InChI=1S/C8H17NO2.C5H11NO2.C4H10N2O2.C4H7NO4/c9-7-5-3-1-2-4-6-8(10)11;6-4-2-1-3-5(7)8;5-2-1-3(6)4(7)8;5-2(4(8)9)1-3(6)7/h1-7,9H2,(H,10,11);1-4,6H2,(H,7,8);3H,1-2,5-6H2,(H,7,8);2H,1,5H2,(H,6,7)(H,8,9)/t;;;2-/m...0/s1. The van der Waals surface area contributed by atoms with E-state index in [0.29, 0.717) is 32.4 Å². The van der Waals surface area contributed by atoms with Gasteiger partial charge in [-0.05, 0) is 51.7 Å². The Morgan fingerprint density at radius 1 is 0.500 bits per heavy atom. The van der Waals surface area contributed by atoms with Gasteiger partial charge in [0.1, 0.15) is 12.1 Å². The Morgan fingerprint density at radius 2 is 0.861 bits per heavy atom. The van der Waals surface area contributed by atoms with Gasteiger partial charge in [0.05, 0.1) is 6.42 Å². The van der Waals surface area contributed by atoms with Crippen LogP contribution in [0.2, 0.25) is 0 Å². The number of rotatable bonds is 17. The maximum atomic E-state index is 10.1. The number of carboxylic acids is 5. The SMILES string of the molecule is NCCC(N)C(=O)O.NCCCCC(=O)O.NCCCCCCCC(=O)O.N[C@@H](CC(=O)O)C(=O)O. The minimum atomic E-state index is -1.29. The van der Waals surface area contributed by atoms with Crippen molar-refractivity contribution in [2.45, 2.75) is 82.7 Å². The second-order valence-corrected chi connectivity index (χ2v) is 7.40. The number of hydrogen-bond donors (Lipinski definition) is 10. The van der Waals surface area contributed by atoms with Gasteiger partial charge in [0, 0.05) is 12.8 Å². The molecule has 0 aliphatic heterocycles. The van der Waals surface area contributed by atoms with Crippen molar-refractivity contribution in [1.29, 1.82) is 0 Å². The van der Waals surface area contributed by atoms with Gasteiger partial charge >= 0.3 is 29.8 Å². The summed E-state index contributed by atoms with van der Waals surface area (Å²) in [7, 11) is 0.